The molecule has 2 aliphatic rings. The number of hydrogen-bond acceptors (Lipinski definition) is 4. The summed E-state index contributed by atoms with van der Waals surface area (Å²) in [5.41, 5.74) is 2.50. The van der Waals surface area contributed by atoms with Gasteiger partial charge in [-0.3, -0.25) is 0 Å². The molecule has 1 aromatic carbocycles. The number of fused-ring (bicyclic) bond motifs is 1. The van der Waals surface area contributed by atoms with E-state index < -0.39 is 9.84 Å². The number of ether oxygens (including phenoxy) is 1. The molecule has 0 amide bonds. The molecule has 2 unspecified atom stereocenters. The van der Waals surface area contributed by atoms with Crippen LogP contribution in [0.3, 0.4) is 0 Å². The molecule has 1 N–H and O–H groups in total. The van der Waals surface area contributed by atoms with Gasteiger partial charge in [0.2, 0.25) is 0 Å². The Bertz CT molecular complexity index is 597. The summed E-state index contributed by atoms with van der Waals surface area (Å²) in [5, 5.41) is 3.51. The molecule has 4 nitrogen and oxygen atoms in total. The SMILES string of the molecule is CCC(NC1CCS(=O)(=O)C1)c1ccc2c(c1)CCO2. The molecule has 0 radical (unpaired) electrons. The minimum atomic E-state index is -2.82. The normalized spacial score (nSPS) is 25.1. The maximum atomic E-state index is 11.5. The molecule has 0 spiro atoms. The van der Waals surface area contributed by atoms with Gasteiger partial charge in [-0.05, 0) is 30.0 Å². The molecule has 2 atom stereocenters. The van der Waals surface area contributed by atoms with E-state index in [0.717, 1.165) is 31.6 Å². The van der Waals surface area contributed by atoms with E-state index in [4.69, 9.17) is 4.74 Å². The smallest absolute Gasteiger partial charge is 0.151 e. The van der Waals surface area contributed by atoms with Gasteiger partial charge < -0.3 is 10.1 Å². The largest absolute Gasteiger partial charge is 0.493 e. The van der Waals surface area contributed by atoms with Crippen LogP contribution in [0, 0.1) is 0 Å². The van der Waals surface area contributed by atoms with Crippen molar-refractivity contribution in [1.29, 1.82) is 0 Å². The molecule has 0 bridgehead atoms. The molecule has 0 aromatic heterocycles. The van der Waals surface area contributed by atoms with E-state index >= 15 is 0 Å². The van der Waals surface area contributed by atoms with Crippen molar-refractivity contribution in [3.8, 4) is 5.75 Å². The van der Waals surface area contributed by atoms with Crippen molar-refractivity contribution >= 4 is 9.84 Å². The van der Waals surface area contributed by atoms with Gasteiger partial charge in [0.1, 0.15) is 5.75 Å². The molecule has 5 heteroatoms. The highest BCUT2D eigenvalue weighted by Crippen LogP contribution is 2.29. The monoisotopic (exact) mass is 295 g/mol. The third-order valence-electron chi connectivity index (χ3n) is 4.19. The van der Waals surface area contributed by atoms with Gasteiger partial charge in [0.05, 0.1) is 18.1 Å². The molecular weight excluding hydrogens is 274 g/mol. The molecular formula is C15H21NO3S. The number of benzene rings is 1. The van der Waals surface area contributed by atoms with Gasteiger partial charge in [-0.25, -0.2) is 8.42 Å². The lowest BCUT2D eigenvalue weighted by Gasteiger charge is -2.22. The minimum absolute atomic E-state index is 0.0921. The third kappa shape index (κ3) is 2.83. The molecule has 0 aliphatic carbocycles. The van der Waals surface area contributed by atoms with Gasteiger partial charge in [0.25, 0.3) is 0 Å². The molecule has 110 valence electrons. The maximum absolute atomic E-state index is 11.5. The van der Waals surface area contributed by atoms with Gasteiger partial charge in [-0.1, -0.05) is 19.1 Å². The van der Waals surface area contributed by atoms with Gasteiger partial charge in [-0.2, -0.15) is 0 Å². The Morgan fingerprint density at radius 1 is 1.45 bits per heavy atom. The predicted octanol–water partition coefficient (Wildman–Crippen LogP) is 1.85. The average Bonchev–Trinajstić information content (AvgIpc) is 3.01. The molecule has 0 saturated carbocycles. The third-order valence-corrected chi connectivity index (χ3v) is 5.96. The van der Waals surface area contributed by atoms with E-state index in [1.54, 1.807) is 0 Å². The van der Waals surface area contributed by atoms with Crippen LogP contribution in [0.5, 0.6) is 5.75 Å². The zero-order valence-electron chi connectivity index (χ0n) is 11.8. The summed E-state index contributed by atoms with van der Waals surface area (Å²) in [6.45, 7) is 2.90. The fraction of sp³-hybridized carbons (Fsp3) is 0.600. The zero-order chi connectivity index (χ0) is 14.2. The molecule has 2 aliphatic heterocycles. The molecule has 1 fully saturated rings. The van der Waals surface area contributed by atoms with Gasteiger partial charge in [-0.15, -0.1) is 0 Å². The lowest BCUT2D eigenvalue weighted by Crippen LogP contribution is -2.33. The van der Waals surface area contributed by atoms with Crippen LogP contribution in [0.4, 0.5) is 0 Å². The summed E-state index contributed by atoms with van der Waals surface area (Å²) in [4.78, 5) is 0. The highest BCUT2D eigenvalue weighted by molar-refractivity contribution is 7.91. The molecule has 3 rings (SSSR count). The fourth-order valence-electron chi connectivity index (χ4n) is 3.08. The van der Waals surface area contributed by atoms with E-state index in [9.17, 15) is 8.42 Å². The first-order valence-corrected chi connectivity index (χ1v) is 9.11. The Kier molecular flexibility index (Phi) is 3.73. The van der Waals surface area contributed by atoms with Crippen molar-refractivity contribution < 1.29 is 13.2 Å². The van der Waals surface area contributed by atoms with Crippen LogP contribution in [0.15, 0.2) is 18.2 Å². The highest BCUT2D eigenvalue weighted by atomic mass is 32.2. The lowest BCUT2D eigenvalue weighted by atomic mass is 10.00. The number of rotatable bonds is 4. The standard InChI is InChI=1S/C15H21NO3S/c1-2-14(16-13-6-8-20(17,18)10-13)11-3-4-15-12(9-11)5-7-19-15/h3-4,9,13-14,16H,2,5-8,10H2,1H3. The van der Waals surface area contributed by atoms with Crippen molar-refractivity contribution in [2.45, 2.75) is 38.3 Å². The van der Waals surface area contributed by atoms with E-state index in [1.165, 1.54) is 11.1 Å². The first-order valence-electron chi connectivity index (χ1n) is 7.29. The minimum Gasteiger partial charge on any atom is -0.493 e. The van der Waals surface area contributed by atoms with Gasteiger partial charge in [0, 0.05) is 18.5 Å². The van der Waals surface area contributed by atoms with Crippen molar-refractivity contribution in [1.82, 2.24) is 5.32 Å². The highest BCUT2D eigenvalue weighted by Gasteiger charge is 2.29. The average molecular weight is 295 g/mol. The van der Waals surface area contributed by atoms with E-state index in [0.29, 0.717) is 5.75 Å². The van der Waals surface area contributed by atoms with Gasteiger partial charge >= 0.3 is 0 Å². The van der Waals surface area contributed by atoms with E-state index in [1.807, 2.05) is 6.07 Å². The van der Waals surface area contributed by atoms with Gasteiger partial charge in [0.15, 0.2) is 9.84 Å². The van der Waals surface area contributed by atoms with E-state index in [-0.39, 0.29) is 17.8 Å². The quantitative estimate of drug-likeness (QED) is 0.921. The summed E-state index contributed by atoms with van der Waals surface area (Å²) in [5.74, 6) is 1.59. The maximum Gasteiger partial charge on any atom is 0.151 e. The Morgan fingerprint density at radius 2 is 2.30 bits per heavy atom. The van der Waals surface area contributed by atoms with Crippen molar-refractivity contribution in [2.24, 2.45) is 0 Å². The topological polar surface area (TPSA) is 55.4 Å². The number of sulfone groups is 1. The van der Waals surface area contributed by atoms with E-state index in [2.05, 4.69) is 24.4 Å². The summed E-state index contributed by atoms with van der Waals surface area (Å²) >= 11 is 0. The second-order valence-corrected chi connectivity index (χ2v) is 7.92. The zero-order valence-corrected chi connectivity index (χ0v) is 12.6. The van der Waals surface area contributed by atoms with Crippen molar-refractivity contribution in [3.05, 3.63) is 29.3 Å². The van der Waals surface area contributed by atoms with Crippen molar-refractivity contribution in [3.63, 3.8) is 0 Å². The Labute approximate surface area is 120 Å². The summed E-state index contributed by atoms with van der Waals surface area (Å²) < 4.78 is 28.6. The first-order chi connectivity index (χ1) is 9.57. The second-order valence-electron chi connectivity index (χ2n) is 5.69. The van der Waals surface area contributed by atoms with Crippen molar-refractivity contribution in [2.75, 3.05) is 18.1 Å². The molecule has 20 heavy (non-hydrogen) atoms. The second kappa shape index (κ2) is 5.37. The Morgan fingerprint density at radius 3 is 3.00 bits per heavy atom. The van der Waals surface area contributed by atoms with Crippen LogP contribution in [-0.4, -0.2) is 32.6 Å². The number of hydrogen-bond donors (Lipinski definition) is 1. The van der Waals surface area contributed by atoms with Crippen LogP contribution in [-0.2, 0) is 16.3 Å². The molecule has 1 saturated heterocycles. The number of nitrogens with one attached hydrogen (secondary N) is 1. The molecule has 2 heterocycles. The van der Waals surface area contributed by atoms with Crippen LogP contribution >= 0.6 is 0 Å². The predicted molar refractivity (Wildman–Crippen MR) is 78.9 cm³/mol. The lowest BCUT2D eigenvalue weighted by molar-refractivity contribution is 0.356. The summed E-state index contributed by atoms with van der Waals surface area (Å²) in [7, 11) is -2.82. The van der Waals surface area contributed by atoms with Crippen LogP contribution in [0.2, 0.25) is 0 Å². The summed E-state index contributed by atoms with van der Waals surface area (Å²) in [6, 6.07) is 6.64. The Balaban J connectivity index is 1.73. The summed E-state index contributed by atoms with van der Waals surface area (Å²) in [6.07, 6.45) is 2.65. The fourth-order valence-corrected chi connectivity index (χ4v) is 4.77. The Hall–Kier alpha value is -1.07. The van der Waals surface area contributed by atoms with Crippen LogP contribution in [0.25, 0.3) is 0 Å². The van der Waals surface area contributed by atoms with Crippen LogP contribution in [0.1, 0.15) is 36.9 Å². The molecule has 1 aromatic rings. The van der Waals surface area contributed by atoms with Crippen LogP contribution < -0.4 is 10.1 Å². The first kappa shape index (κ1) is 13.9.